The van der Waals surface area contributed by atoms with Crippen molar-refractivity contribution in [3.8, 4) is 34.5 Å². The molecule has 0 radical (unpaired) electrons. The number of hydrogen-bond acceptors (Lipinski definition) is 10. The van der Waals surface area contributed by atoms with Crippen LogP contribution in [0.4, 0.5) is 0 Å². The highest BCUT2D eigenvalue weighted by molar-refractivity contribution is 5.66. The van der Waals surface area contributed by atoms with Gasteiger partial charge in [-0.1, -0.05) is 24.3 Å². The van der Waals surface area contributed by atoms with Crippen molar-refractivity contribution < 1.29 is 47.5 Å². The fourth-order valence-electron chi connectivity index (χ4n) is 3.87. The summed E-state index contributed by atoms with van der Waals surface area (Å²) in [6, 6.07) is 17.6. The van der Waals surface area contributed by atoms with Crippen LogP contribution in [0.3, 0.4) is 0 Å². The molecular formula is C30H34O10. The summed E-state index contributed by atoms with van der Waals surface area (Å²) < 4.78 is 45.4. The lowest BCUT2D eigenvalue weighted by Gasteiger charge is -2.30. The molecule has 3 aromatic rings. The molecule has 0 fully saturated rings. The number of ether oxygens (including phenoxy) is 8. The summed E-state index contributed by atoms with van der Waals surface area (Å²) >= 11 is 0. The molecule has 10 heteroatoms. The lowest BCUT2D eigenvalue weighted by Crippen LogP contribution is -2.34. The van der Waals surface area contributed by atoms with Gasteiger partial charge in [0.15, 0.2) is 46.7 Å². The Hall–Kier alpha value is -4.60. The number of carbonyl (C=O) groups excluding carboxylic acids is 2. The van der Waals surface area contributed by atoms with Crippen LogP contribution in [0.2, 0.25) is 0 Å². The molecule has 0 aromatic heterocycles. The third-order valence-corrected chi connectivity index (χ3v) is 5.80. The van der Waals surface area contributed by atoms with Crippen molar-refractivity contribution in [3.05, 3.63) is 71.8 Å². The van der Waals surface area contributed by atoms with Crippen LogP contribution in [0.15, 0.2) is 60.7 Å². The van der Waals surface area contributed by atoms with Crippen molar-refractivity contribution in [1.82, 2.24) is 0 Å². The van der Waals surface area contributed by atoms with Crippen molar-refractivity contribution in [3.63, 3.8) is 0 Å². The lowest BCUT2D eigenvalue weighted by atomic mass is 10.0. The summed E-state index contributed by atoms with van der Waals surface area (Å²) in [6.45, 7) is 2.60. The van der Waals surface area contributed by atoms with Crippen LogP contribution in [-0.2, 0) is 25.7 Å². The number of carbonyl (C=O) groups is 2. The van der Waals surface area contributed by atoms with E-state index < -0.39 is 24.1 Å². The van der Waals surface area contributed by atoms with Gasteiger partial charge in [0, 0.05) is 19.4 Å². The standard InChI is InChI=1S/C30H34O10/c1-19(31)37-17-21-11-13-26(27(15-21)35-5)40-30(22-12-14-24(34-4)28(16-22)36-6)29(18-38-20(2)32)39-25-10-8-7-9-23(25)33-3/h7-16,29-30H,17-18H2,1-6H3/t29-,30-/m0/s1. The van der Waals surface area contributed by atoms with E-state index in [9.17, 15) is 9.59 Å². The number of benzene rings is 3. The van der Waals surface area contributed by atoms with Gasteiger partial charge in [0.2, 0.25) is 0 Å². The zero-order valence-corrected chi connectivity index (χ0v) is 23.4. The summed E-state index contributed by atoms with van der Waals surface area (Å²) in [7, 11) is 6.12. The number of para-hydroxylation sites is 2. The van der Waals surface area contributed by atoms with Gasteiger partial charge in [0.05, 0.1) is 28.4 Å². The summed E-state index contributed by atoms with van der Waals surface area (Å²) in [5.74, 6) is 1.83. The van der Waals surface area contributed by atoms with Crippen LogP contribution in [0.1, 0.15) is 31.1 Å². The molecule has 214 valence electrons. The van der Waals surface area contributed by atoms with Crippen molar-refractivity contribution >= 4 is 11.9 Å². The normalized spacial score (nSPS) is 11.9. The molecule has 10 nitrogen and oxygen atoms in total. The molecule has 0 saturated heterocycles. The second kappa shape index (κ2) is 14.5. The highest BCUT2D eigenvalue weighted by Crippen LogP contribution is 2.39. The molecule has 2 atom stereocenters. The van der Waals surface area contributed by atoms with Crippen LogP contribution in [0.5, 0.6) is 34.5 Å². The maximum absolute atomic E-state index is 11.8. The lowest BCUT2D eigenvalue weighted by molar-refractivity contribution is -0.145. The Labute approximate surface area is 233 Å². The number of hydrogen-bond donors (Lipinski definition) is 0. The van der Waals surface area contributed by atoms with Crippen molar-refractivity contribution in [2.75, 3.05) is 35.0 Å². The van der Waals surface area contributed by atoms with E-state index in [0.29, 0.717) is 45.6 Å². The summed E-state index contributed by atoms with van der Waals surface area (Å²) in [5, 5.41) is 0. The van der Waals surface area contributed by atoms with E-state index in [1.807, 2.05) is 6.07 Å². The van der Waals surface area contributed by atoms with Crippen LogP contribution in [0.25, 0.3) is 0 Å². The van der Waals surface area contributed by atoms with E-state index in [0.717, 1.165) is 0 Å². The SMILES string of the molecule is COc1ccc([C@H](Oc2ccc(COC(C)=O)cc2OC)[C@H](COC(C)=O)Oc2ccccc2OC)cc1OC. The number of rotatable bonds is 14. The van der Waals surface area contributed by atoms with E-state index in [4.69, 9.17) is 37.9 Å². The van der Waals surface area contributed by atoms with E-state index in [1.165, 1.54) is 35.2 Å². The molecule has 0 aliphatic carbocycles. The topological polar surface area (TPSA) is 108 Å². The molecule has 0 spiro atoms. The first-order valence-corrected chi connectivity index (χ1v) is 12.4. The van der Waals surface area contributed by atoms with Crippen molar-refractivity contribution in [2.45, 2.75) is 32.7 Å². The highest BCUT2D eigenvalue weighted by atomic mass is 16.6. The highest BCUT2D eigenvalue weighted by Gasteiger charge is 2.31. The van der Waals surface area contributed by atoms with Gasteiger partial charge >= 0.3 is 11.9 Å². The third kappa shape index (κ3) is 7.95. The molecular weight excluding hydrogens is 520 g/mol. The minimum absolute atomic E-state index is 0.0804. The van der Waals surface area contributed by atoms with Gasteiger partial charge < -0.3 is 37.9 Å². The first-order chi connectivity index (χ1) is 19.3. The molecule has 0 aliphatic rings. The van der Waals surface area contributed by atoms with E-state index in [2.05, 4.69) is 0 Å². The molecule has 0 amide bonds. The van der Waals surface area contributed by atoms with E-state index in [1.54, 1.807) is 61.7 Å². The number of methoxy groups -OCH3 is 4. The summed E-state index contributed by atoms with van der Waals surface area (Å²) in [4.78, 5) is 23.1. The monoisotopic (exact) mass is 554 g/mol. The van der Waals surface area contributed by atoms with Crippen molar-refractivity contribution in [1.29, 1.82) is 0 Å². The zero-order chi connectivity index (χ0) is 29.1. The second-order valence-electron chi connectivity index (χ2n) is 8.53. The number of esters is 2. The first-order valence-electron chi connectivity index (χ1n) is 12.4. The van der Waals surface area contributed by atoms with Crippen LogP contribution < -0.4 is 28.4 Å². The van der Waals surface area contributed by atoms with E-state index in [-0.39, 0.29) is 13.2 Å². The predicted molar refractivity (Wildman–Crippen MR) is 145 cm³/mol. The molecule has 0 heterocycles. The molecule has 0 aliphatic heterocycles. The first kappa shape index (κ1) is 29.9. The Morgan fingerprint density at radius 3 is 1.80 bits per heavy atom. The average Bonchev–Trinajstić information content (AvgIpc) is 2.97. The van der Waals surface area contributed by atoms with Crippen LogP contribution in [0, 0.1) is 0 Å². The molecule has 0 N–H and O–H groups in total. The molecule has 3 aromatic carbocycles. The Kier molecular flexibility index (Phi) is 10.9. The molecule has 3 rings (SSSR count). The molecule has 40 heavy (non-hydrogen) atoms. The van der Waals surface area contributed by atoms with Gasteiger partial charge in [0.25, 0.3) is 0 Å². The van der Waals surface area contributed by atoms with Gasteiger partial charge in [0.1, 0.15) is 13.2 Å². The smallest absolute Gasteiger partial charge is 0.302 e. The van der Waals surface area contributed by atoms with Gasteiger partial charge in [-0.2, -0.15) is 0 Å². The minimum Gasteiger partial charge on any atom is -0.493 e. The summed E-state index contributed by atoms with van der Waals surface area (Å²) in [5.41, 5.74) is 1.36. The molecule has 0 saturated carbocycles. The van der Waals surface area contributed by atoms with Gasteiger partial charge in [-0.25, -0.2) is 0 Å². The molecule has 0 bridgehead atoms. The van der Waals surface area contributed by atoms with Gasteiger partial charge in [-0.3, -0.25) is 9.59 Å². The second-order valence-corrected chi connectivity index (χ2v) is 8.53. The fraction of sp³-hybridized carbons (Fsp3) is 0.333. The Balaban J connectivity index is 2.09. The Morgan fingerprint density at radius 2 is 1.18 bits per heavy atom. The van der Waals surface area contributed by atoms with Crippen molar-refractivity contribution in [2.24, 2.45) is 0 Å². The average molecular weight is 555 g/mol. The third-order valence-electron chi connectivity index (χ3n) is 5.80. The van der Waals surface area contributed by atoms with Gasteiger partial charge in [-0.15, -0.1) is 0 Å². The fourth-order valence-corrected chi connectivity index (χ4v) is 3.87. The molecule has 0 unspecified atom stereocenters. The van der Waals surface area contributed by atoms with Gasteiger partial charge in [-0.05, 0) is 42.0 Å². The van der Waals surface area contributed by atoms with Crippen LogP contribution >= 0.6 is 0 Å². The Bertz CT molecular complexity index is 1290. The largest absolute Gasteiger partial charge is 0.493 e. The van der Waals surface area contributed by atoms with E-state index >= 15 is 0 Å². The quantitative estimate of drug-likeness (QED) is 0.255. The minimum atomic E-state index is -0.844. The zero-order valence-electron chi connectivity index (χ0n) is 23.4. The summed E-state index contributed by atoms with van der Waals surface area (Å²) in [6.07, 6.45) is -1.68. The maximum atomic E-state index is 11.8. The van der Waals surface area contributed by atoms with Crippen LogP contribution in [-0.4, -0.2) is 53.1 Å². The maximum Gasteiger partial charge on any atom is 0.302 e. The predicted octanol–water partition coefficient (Wildman–Crippen LogP) is 4.91. The Morgan fingerprint density at radius 1 is 0.625 bits per heavy atom.